The fraction of sp³-hybridized carbons (Fsp3) is 0.333. The maximum absolute atomic E-state index is 11.3. The summed E-state index contributed by atoms with van der Waals surface area (Å²) < 4.78 is 9.79. The molecule has 19 heavy (non-hydrogen) atoms. The third-order valence-corrected chi connectivity index (χ3v) is 2.58. The van der Waals surface area contributed by atoms with E-state index >= 15 is 0 Å². The lowest BCUT2D eigenvalue weighted by Gasteiger charge is -2.04. The van der Waals surface area contributed by atoms with Gasteiger partial charge in [-0.05, 0) is 25.3 Å². The number of ketones is 2. The van der Waals surface area contributed by atoms with Crippen LogP contribution in [-0.4, -0.2) is 23.5 Å². The number of carbonyl (C=O) groups excluding carboxylic acids is 4. The van der Waals surface area contributed by atoms with E-state index in [0.717, 1.165) is 11.3 Å². The Kier molecular flexibility index (Phi) is 5.37. The molecule has 0 spiro atoms. The normalized spacial score (nSPS) is 9.79. The highest BCUT2D eigenvalue weighted by Crippen LogP contribution is 2.34. The molecule has 0 bridgehead atoms. The zero-order chi connectivity index (χ0) is 14.4. The number of thiophene rings is 1. The van der Waals surface area contributed by atoms with E-state index in [0.29, 0.717) is 0 Å². The molecule has 7 heteroatoms. The maximum atomic E-state index is 11.3. The van der Waals surface area contributed by atoms with Crippen molar-refractivity contribution < 1.29 is 28.7 Å². The lowest BCUT2D eigenvalue weighted by molar-refractivity contribution is -0.140. The predicted molar refractivity (Wildman–Crippen MR) is 66.2 cm³/mol. The molecule has 6 nitrogen and oxygen atoms in total. The van der Waals surface area contributed by atoms with Gasteiger partial charge in [0.15, 0.2) is 5.75 Å². The second-order valence-electron chi connectivity index (χ2n) is 3.78. The molecule has 0 aliphatic heterocycles. The van der Waals surface area contributed by atoms with Crippen molar-refractivity contribution >= 4 is 34.8 Å². The Labute approximate surface area is 113 Å². The minimum absolute atomic E-state index is 0.0631. The maximum Gasteiger partial charge on any atom is 0.319 e. The Bertz CT molecular complexity index is 472. The van der Waals surface area contributed by atoms with Crippen LogP contribution in [-0.2, 0) is 19.2 Å². The third kappa shape index (κ3) is 5.43. The van der Waals surface area contributed by atoms with E-state index in [2.05, 4.69) is 0 Å². The molecule has 0 radical (unpaired) electrons. The van der Waals surface area contributed by atoms with Crippen LogP contribution >= 0.6 is 11.3 Å². The number of rotatable bonds is 6. The second-order valence-corrected chi connectivity index (χ2v) is 4.66. The molecule has 0 amide bonds. The smallest absolute Gasteiger partial charge is 0.319 e. The Balaban J connectivity index is 2.65. The number of hydrogen-bond acceptors (Lipinski definition) is 7. The highest BCUT2D eigenvalue weighted by molar-refractivity contribution is 7.12. The lowest BCUT2D eigenvalue weighted by atomic mass is 10.3. The molecule has 1 aromatic rings. The fourth-order valence-electron chi connectivity index (χ4n) is 1.14. The van der Waals surface area contributed by atoms with Crippen molar-refractivity contribution in [2.75, 3.05) is 0 Å². The van der Waals surface area contributed by atoms with Crippen LogP contribution in [0.25, 0.3) is 0 Å². The van der Waals surface area contributed by atoms with E-state index in [1.165, 1.54) is 19.9 Å². The van der Waals surface area contributed by atoms with Gasteiger partial charge >= 0.3 is 11.9 Å². The molecule has 0 aliphatic rings. The minimum Gasteiger partial charge on any atom is -0.421 e. The number of hydrogen-bond donors (Lipinski definition) is 0. The molecule has 1 aromatic heterocycles. The summed E-state index contributed by atoms with van der Waals surface area (Å²) in [7, 11) is 0. The van der Waals surface area contributed by atoms with Crippen molar-refractivity contribution in [2.45, 2.75) is 26.7 Å². The number of esters is 2. The van der Waals surface area contributed by atoms with Gasteiger partial charge in [0.2, 0.25) is 5.06 Å². The van der Waals surface area contributed by atoms with Gasteiger partial charge in [0.1, 0.15) is 24.4 Å². The van der Waals surface area contributed by atoms with E-state index < -0.39 is 11.9 Å². The SMILES string of the molecule is CC(=O)CC(=O)Oc1ccsc1OC(=O)CC(C)=O. The molecule has 0 atom stereocenters. The van der Waals surface area contributed by atoms with Crippen molar-refractivity contribution in [1.29, 1.82) is 0 Å². The summed E-state index contributed by atoms with van der Waals surface area (Å²) >= 11 is 1.05. The van der Waals surface area contributed by atoms with Gasteiger partial charge in [0.25, 0.3) is 0 Å². The Morgan fingerprint density at radius 3 is 2.05 bits per heavy atom. The van der Waals surface area contributed by atoms with Crippen LogP contribution in [0.1, 0.15) is 26.7 Å². The molecule has 1 rings (SSSR count). The fourth-order valence-corrected chi connectivity index (χ4v) is 1.82. The monoisotopic (exact) mass is 284 g/mol. The van der Waals surface area contributed by atoms with E-state index in [1.807, 2.05) is 0 Å². The summed E-state index contributed by atoms with van der Waals surface area (Å²) in [6.45, 7) is 2.53. The lowest BCUT2D eigenvalue weighted by Crippen LogP contribution is -2.14. The molecular weight excluding hydrogens is 272 g/mol. The highest BCUT2D eigenvalue weighted by Gasteiger charge is 2.16. The number of Topliss-reactive ketones (excluding diaryl/α,β-unsaturated/α-hetero) is 2. The average Bonchev–Trinajstić information content (AvgIpc) is 2.62. The first kappa shape index (κ1) is 15.0. The van der Waals surface area contributed by atoms with Gasteiger partial charge in [-0.25, -0.2) is 0 Å². The highest BCUT2D eigenvalue weighted by atomic mass is 32.1. The van der Waals surface area contributed by atoms with E-state index in [-0.39, 0.29) is 35.2 Å². The van der Waals surface area contributed by atoms with E-state index in [1.54, 1.807) is 5.38 Å². The topological polar surface area (TPSA) is 86.7 Å². The number of ether oxygens (including phenoxy) is 2. The van der Waals surface area contributed by atoms with Gasteiger partial charge in [0.05, 0.1) is 0 Å². The number of carbonyl (C=O) groups is 4. The van der Waals surface area contributed by atoms with Crippen molar-refractivity contribution in [1.82, 2.24) is 0 Å². The standard InChI is InChI=1S/C12H12O6S/c1-7(13)5-10(15)17-9-3-4-19-12(9)18-11(16)6-8(2)14/h3-4H,5-6H2,1-2H3. The van der Waals surface area contributed by atoms with Gasteiger partial charge < -0.3 is 9.47 Å². The van der Waals surface area contributed by atoms with E-state index in [4.69, 9.17) is 9.47 Å². The first-order chi connectivity index (χ1) is 8.88. The van der Waals surface area contributed by atoms with Gasteiger partial charge in [-0.2, -0.15) is 0 Å². The average molecular weight is 284 g/mol. The Morgan fingerprint density at radius 1 is 1.00 bits per heavy atom. The van der Waals surface area contributed by atoms with Crippen LogP contribution in [0, 0.1) is 0 Å². The zero-order valence-corrected chi connectivity index (χ0v) is 11.2. The van der Waals surface area contributed by atoms with Crippen LogP contribution in [0.15, 0.2) is 11.4 Å². The van der Waals surface area contributed by atoms with Crippen LogP contribution in [0.4, 0.5) is 0 Å². The molecule has 0 saturated carbocycles. The molecule has 0 N–H and O–H groups in total. The molecule has 0 fully saturated rings. The summed E-state index contributed by atoms with van der Waals surface area (Å²) in [6, 6.07) is 1.44. The first-order valence-corrected chi connectivity index (χ1v) is 6.24. The molecule has 0 saturated heterocycles. The summed E-state index contributed by atoms with van der Waals surface area (Å²) in [5.74, 6) is -2.03. The summed E-state index contributed by atoms with van der Waals surface area (Å²) in [4.78, 5) is 44.1. The van der Waals surface area contributed by atoms with Gasteiger partial charge in [0, 0.05) is 0 Å². The van der Waals surface area contributed by atoms with Crippen LogP contribution in [0.3, 0.4) is 0 Å². The second kappa shape index (κ2) is 6.79. The molecule has 102 valence electrons. The minimum atomic E-state index is -0.727. The molecule has 0 aromatic carbocycles. The largest absolute Gasteiger partial charge is 0.421 e. The van der Waals surface area contributed by atoms with Gasteiger partial charge in [-0.15, -0.1) is 11.3 Å². The third-order valence-electron chi connectivity index (χ3n) is 1.81. The Morgan fingerprint density at radius 2 is 1.53 bits per heavy atom. The molecule has 0 unspecified atom stereocenters. The summed E-state index contributed by atoms with van der Waals surface area (Å²) in [6.07, 6.45) is -0.699. The molecule has 1 heterocycles. The van der Waals surface area contributed by atoms with Crippen molar-refractivity contribution in [3.63, 3.8) is 0 Å². The Hall–Kier alpha value is -2.02. The summed E-state index contributed by atoms with van der Waals surface area (Å²) in [5.41, 5.74) is 0. The van der Waals surface area contributed by atoms with Crippen molar-refractivity contribution in [2.24, 2.45) is 0 Å². The molecular formula is C12H12O6S. The zero-order valence-electron chi connectivity index (χ0n) is 10.4. The van der Waals surface area contributed by atoms with E-state index in [9.17, 15) is 19.2 Å². The van der Waals surface area contributed by atoms with Gasteiger partial charge in [-0.3, -0.25) is 19.2 Å². The van der Waals surface area contributed by atoms with Crippen molar-refractivity contribution in [3.05, 3.63) is 11.4 Å². The van der Waals surface area contributed by atoms with Crippen LogP contribution in [0.2, 0.25) is 0 Å². The first-order valence-electron chi connectivity index (χ1n) is 5.36. The predicted octanol–water partition coefficient (Wildman–Crippen LogP) is 1.52. The van der Waals surface area contributed by atoms with Crippen LogP contribution < -0.4 is 9.47 Å². The quantitative estimate of drug-likeness (QED) is 0.581. The summed E-state index contributed by atoms with van der Waals surface area (Å²) in [5, 5.41) is 1.65. The van der Waals surface area contributed by atoms with Gasteiger partial charge in [-0.1, -0.05) is 0 Å². The van der Waals surface area contributed by atoms with Crippen molar-refractivity contribution in [3.8, 4) is 10.8 Å². The molecule has 0 aliphatic carbocycles. The van der Waals surface area contributed by atoms with Crippen LogP contribution in [0.5, 0.6) is 10.8 Å².